The molecule has 0 bridgehead atoms. The van der Waals surface area contributed by atoms with E-state index in [2.05, 4.69) is 9.97 Å². The number of nitrogens with zero attached hydrogens (tertiary/aromatic N) is 1. The molecule has 5 nitrogen and oxygen atoms in total. The Kier molecular flexibility index (Phi) is 2.46. The summed E-state index contributed by atoms with van der Waals surface area (Å²) in [5.74, 6) is -0.461. The van der Waals surface area contributed by atoms with Crippen molar-refractivity contribution in [3.05, 3.63) is 39.6 Å². The van der Waals surface area contributed by atoms with Crippen LogP contribution in [0.1, 0.15) is 24.0 Å². The van der Waals surface area contributed by atoms with Gasteiger partial charge in [-0.15, -0.1) is 0 Å². The average Bonchev–Trinajstić information content (AvgIpc) is 2.40. The van der Waals surface area contributed by atoms with Crippen LogP contribution >= 0.6 is 0 Å². The SMILES string of the molecule is Cc1nc2c(c(=O)[nH]1)C=CC(C)(C(=O)O)C=C2. The van der Waals surface area contributed by atoms with E-state index in [1.54, 1.807) is 19.9 Å². The van der Waals surface area contributed by atoms with E-state index in [1.807, 2.05) is 0 Å². The molecule has 1 aromatic heterocycles. The number of aromatic nitrogens is 2. The van der Waals surface area contributed by atoms with Gasteiger partial charge in [0, 0.05) is 0 Å². The molecule has 1 aliphatic rings. The molecule has 1 atom stereocenters. The summed E-state index contributed by atoms with van der Waals surface area (Å²) in [5.41, 5.74) is -0.492. The summed E-state index contributed by atoms with van der Waals surface area (Å²) in [7, 11) is 0. The van der Waals surface area contributed by atoms with Crippen LogP contribution in [0.25, 0.3) is 12.2 Å². The largest absolute Gasteiger partial charge is 0.480 e. The molecular formula is C12H12N2O3. The van der Waals surface area contributed by atoms with E-state index < -0.39 is 11.4 Å². The highest BCUT2D eigenvalue weighted by atomic mass is 16.4. The highest BCUT2D eigenvalue weighted by Crippen LogP contribution is 2.26. The van der Waals surface area contributed by atoms with E-state index in [0.29, 0.717) is 17.1 Å². The van der Waals surface area contributed by atoms with Crippen molar-refractivity contribution in [2.75, 3.05) is 0 Å². The summed E-state index contributed by atoms with van der Waals surface area (Å²) in [6.45, 7) is 3.25. The van der Waals surface area contributed by atoms with Gasteiger partial charge in [0.15, 0.2) is 0 Å². The summed E-state index contributed by atoms with van der Waals surface area (Å²) in [6.07, 6.45) is 6.11. The van der Waals surface area contributed by atoms with Crippen LogP contribution in [0.2, 0.25) is 0 Å². The first-order valence-electron chi connectivity index (χ1n) is 5.15. The molecule has 0 aliphatic heterocycles. The van der Waals surface area contributed by atoms with E-state index in [1.165, 1.54) is 18.2 Å². The van der Waals surface area contributed by atoms with E-state index in [4.69, 9.17) is 5.11 Å². The van der Waals surface area contributed by atoms with Gasteiger partial charge in [-0.3, -0.25) is 9.59 Å². The van der Waals surface area contributed by atoms with E-state index in [-0.39, 0.29) is 5.56 Å². The summed E-state index contributed by atoms with van der Waals surface area (Å²) >= 11 is 0. The molecule has 1 aliphatic carbocycles. The number of carbonyl (C=O) groups is 1. The lowest BCUT2D eigenvalue weighted by Crippen LogP contribution is -2.21. The molecule has 0 saturated carbocycles. The molecule has 2 rings (SSSR count). The molecule has 1 heterocycles. The Hall–Kier alpha value is -2.17. The molecular weight excluding hydrogens is 220 g/mol. The highest BCUT2D eigenvalue weighted by molar-refractivity contribution is 5.83. The summed E-state index contributed by atoms with van der Waals surface area (Å²) in [5, 5.41) is 9.12. The van der Waals surface area contributed by atoms with E-state index >= 15 is 0 Å². The zero-order valence-corrected chi connectivity index (χ0v) is 9.52. The molecule has 1 aromatic rings. The Morgan fingerprint density at radius 2 is 2.06 bits per heavy atom. The van der Waals surface area contributed by atoms with Gasteiger partial charge in [-0.25, -0.2) is 4.98 Å². The van der Waals surface area contributed by atoms with Crippen molar-refractivity contribution in [2.24, 2.45) is 5.41 Å². The standard InChI is InChI=1S/C12H12N2O3/c1-7-13-9-4-6-12(2,11(16)17)5-3-8(9)10(15)14-7/h3-6H,1-2H3,(H,16,17)(H,13,14,15). The fourth-order valence-corrected chi connectivity index (χ4v) is 1.61. The summed E-state index contributed by atoms with van der Waals surface area (Å²) in [6, 6.07) is 0. The second-order valence-electron chi connectivity index (χ2n) is 4.20. The van der Waals surface area contributed by atoms with Gasteiger partial charge >= 0.3 is 5.97 Å². The highest BCUT2D eigenvalue weighted by Gasteiger charge is 2.28. The smallest absolute Gasteiger partial charge is 0.317 e. The van der Waals surface area contributed by atoms with Gasteiger partial charge < -0.3 is 10.1 Å². The number of fused-ring (bicyclic) bond motifs is 1. The molecule has 0 aromatic carbocycles. The molecule has 0 radical (unpaired) electrons. The first-order chi connectivity index (χ1) is 7.92. The molecule has 17 heavy (non-hydrogen) atoms. The van der Waals surface area contributed by atoms with Crippen LogP contribution in [0, 0.1) is 12.3 Å². The van der Waals surface area contributed by atoms with Crippen LogP contribution in [0.15, 0.2) is 16.9 Å². The third-order valence-corrected chi connectivity index (χ3v) is 2.75. The summed E-state index contributed by atoms with van der Waals surface area (Å²) < 4.78 is 0. The van der Waals surface area contributed by atoms with Crippen LogP contribution in [-0.4, -0.2) is 21.0 Å². The van der Waals surface area contributed by atoms with Crippen molar-refractivity contribution in [1.29, 1.82) is 0 Å². The minimum atomic E-state index is -1.11. The zero-order valence-electron chi connectivity index (χ0n) is 9.52. The average molecular weight is 232 g/mol. The van der Waals surface area contributed by atoms with Crippen molar-refractivity contribution in [2.45, 2.75) is 13.8 Å². The Morgan fingerprint density at radius 3 is 2.71 bits per heavy atom. The lowest BCUT2D eigenvalue weighted by atomic mass is 9.90. The molecule has 2 N–H and O–H groups in total. The minimum absolute atomic E-state index is 0.261. The predicted molar refractivity (Wildman–Crippen MR) is 63.4 cm³/mol. The van der Waals surface area contributed by atoms with Gasteiger partial charge in [-0.1, -0.05) is 12.2 Å². The third kappa shape index (κ3) is 1.91. The van der Waals surface area contributed by atoms with Crippen molar-refractivity contribution in [1.82, 2.24) is 9.97 Å². The maximum Gasteiger partial charge on any atom is 0.317 e. The zero-order chi connectivity index (χ0) is 12.6. The molecule has 0 amide bonds. The van der Waals surface area contributed by atoms with Gasteiger partial charge in [0.05, 0.1) is 11.3 Å². The number of carboxylic acid groups (broad SMARTS) is 1. The number of hydrogen-bond donors (Lipinski definition) is 2. The second-order valence-corrected chi connectivity index (χ2v) is 4.20. The van der Waals surface area contributed by atoms with Crippen molar-refractivity contribution in [3.63, 3.8) is 0 Å². The number of carboxylic acids is 1. The van der Waals surface area contributed by atoms with Crippen LogP contribution in [0.5, 0.6) is 0 Å². The molecule has 1 unspecified atom stereocenters. The Bertz CT molecular complexity index is 598. The Morgan fingerprint density at radius 1 is 1.41 bits per heavy atom. The quantitative estimate of drug-likeness (QED) is 0.762. The van der Waals surface area contributed by atoms with Gasteiger partial charge in [-0.05, 0) is 26.0 Å². The van der Waals surface area contributed by atoms with Crippen molar-refractivity contribution in [3.8, 4) is 0 Å². The molecule has 0 saturated heterocycles. The minimum Gasteiger partial charge on any atom is -0.480 e. The van der Waals surface area contributed by atoms with Gasteiger partial charge in [0.25, 0.3) is 5.56 Å². The fourth-order valence-electron chi connectivity index (χ4n) is 1.61. The Balaban J connectivity index is 2.64. The predicted octanol–water partition coefficient (Wildman–Crippen LogP) is 1.21. The van der Waals surface area contributed by atoms with E-state index in [9.17, 15) is 9.59 Å². The maximum absolute atomic E-state index is 11.7. The molecule has 5 heteroatoms. The topological polar surface area (TPSA) is 83.0 Å². The normalized spacial score (nSPS) is 22.0. The molecule has 0 fully saturated rings. The Labute approximate surface area is 97.5 Å². The van der Waals surface area contributed by atoms with Crippen LogP contribution in [0.3, 0.4) is 0 Å². The lowest BCUT2D eigenvalue weighted by molar-refractivity contribution is -0.142. The van der Waals surface area contributed by atoms with Crippen molar-refractivity contribution >= 4 is 18.1 Å². The third-order valence-electron chi connectivity index (χ3n) is 2.75. The maximum atomic E-state index is 11.7. The summed E-state index contributed by atoms with van der Waals surface area (Å²) in [4.78, 5) is 29.6. The number of rotatable bonds is 1. The number of hydrogen-bond acceptors (Lipinski definition) is 3. The molecule has 88 valence electrons. The number of nitrogens with one attached hydrogen (secondary N) is 1. The van der Waals surface area contributed by atoms with Crippen LogP contribution in [-0.2, 0) is 4.79 Å². The number of H-pyrrole nitrogens is 1. The number of aliphatic carboxylic acids is 1. The molecule has 0 spiro atoms. The number of aryl methyl sites for hydroxylation is 1. The first kappa shape index (κ1) is 11.3. The second kappa shape index (κ2) is 3.69. The van der Waals surface area contributed by atoms with Crippen molar-refractivity contribution < 1.29 is 9.90 Å². The van der Waals surface area contributed by atoms with E-state index in [0.717, 1.165) is 0 Å². The first-order valence-corrected chi connectivity index (χ1v) is 5.15. The lowest BCUT2D eigenvalue weighted by Gasteiger charge is -2.13. The van der Waals surface area contributed by atoms with Gasteiger partial charge in [0.1, 0.15) is 11.2 Å². The van der Waals surface area contributed by atoms with Crippen LogP contribution in [0.4, 0.5) is 0 Å². The number of aromatic amines is 1. The van der Waals surface area contributed by atoms with Crippen LogP contribution < -0.4 is 5.56 Å². The van der Waals surface area contributed by atoms with Gasteiger partial charge in [-0.2, -0.15) is 0 Å². The monoisotopic (exact) mass is 232 g/mol. The van der Waals surface area contributed by atoms with Gasteiger partial charge in [0.2, 0.25) is 0 Å². The fraction of sp³-hybridized carbons (Fsp3) is 0.250.